The van der Waals surface area contributed by atoms with Crippen LogP contribution in [0.1, 0.15) is 19.3 Å². The van der Waals surface area contributed by atoms with Crippen LogP contribution in [-0.2, 0) is 14.3 Å². The summed E-state index contributed by atoms with van der Waals surface area (Å²) in [6, 6.07) is -1.89. The van der Waals surface area contributed by atoms with Gasteiger partial charge in [0.2, 0.25) is 0 Å². The zero-order valence-electron chi connectivity index (χ0n) is 10.7. The van der Waals surface area contributed by atoms with Crippen LogP contribution in [0.5, 0.6) is 0 Å². The van der Waals surface area contributed by atoms with E-state index in [2.05, 4.69) is 5.32 Å². The Balaban J connectivity index is 2.57. The van der Waals surface area contributed by atoms with Crippen LogP contribution in [0.4, 0.5) is 4.79 Å². The summed E-state index contributed by atoms with van der Waals surface area (Å²) in [5.74, 6) is -2.64. The number of hydrogen-bond donors (Lipinski definition) is 3. The average Bonchev–Trinajstić information content (AvgIpc) is 3.12. The number of carboxylic acid groups (broad SMARTS) is 2. The molecular weight excluding hydrogens is 256 g/mol. The zero-order chi connectivity index (χ0) is 14.4. The minimum atomic E-state index is -1.42. The van der Waals surface area contributed by atoms with Crippen LogP contribution in [0, 0.1) is 0 Å². The van der Waals surface area contributed by atoms with Gasteiger partial charge in [0.15, 0.2) is 0 Å². The van der Waals surface area contributed by atoms with Gasteiger partial charge < -0.3 is 25.2 Å². The van der Waals surface area contributed by atoms with Crippen LogP contribution in [0.25, 0.3) is 0 Å². The highest BCUT2D eigenvalue weighted by atomic mass is 16.5. The normalized spacial score (nSPS) is 15.6. The summed E-state index contributed by atoms with van der Waals surface area (Å²) in [5, 5.41) is 19.7. The lowest BCUT2D eigenvalue weighted by atomic mass is 10.2. The van der Waals surface area contributed by atoms with Gasteiger partial charge in [-0.05, 0) is 12.8 Å². The van der Waals surface area contributed by atoms with Gasteiger partial charge >= 0.3 is 18.0 Å². The van der Waals surface area contributed by atoms with E-state index in [1.54, 1.807) is 0 Å². The Kier molecular flexibility index (Phi) is 5.56. The molecule has 0 heterocycles. The lowest BCUT2D eigenvalue weighted by molar-refractivity contribution is -0.145. The lowest BCUT2D eigenvalue weighted by Crippen LogP contribution is -2.50. The second-order valence-electron chi connectivity index (χ2n) is 4.36. The highest BCUT2D eigenvalue weighted by molar-refractivity contribution is 5.86. The first-order valence-electron chi connectivity index (χ1n) is 5.96. The Morgan fingerprint density at radius 2 is 2.00 bits per heavy atom. The Morgan fingerprint density at radius 3 is 2.42 bits per heavy atom. The molecule has 8 heteroatoms. The van der Waals surface area contributed by atoms with Crippen LogP contribution < -0.4 is 5.32 Å². The molecule has 0 aliphatic heterocycles. The van der Waals surface area contributed by atoms with E-state index >= 15 is 0 Å². The molecule has 0 saturated heterocycles. The molecule has 3 N–H and O–H groups in total. The van der Waals surface area contributed by atoms with Gasteiger partial charge in [-0.1, -0.05) is 0 Å². The first kappa shape index (κ1) is 15.2. The van der Waals surface area contributed by atoms with Crippen molar-refractivity contribution in [1.82, 2.24) is 10.2 Å². The molecule has 1 saturated carbocycles. The fourth-order valence-electron chi connectivity index (χ4n) is 1.63. The van der Waals surface area contributed by atoms with Crippen LogP contribution in [0.15, 0.2) is 0 Å². The zero-order valence-corrected chi connectivity index (χ0v) is 10.7. The minimum absolute atomic E-state index is 0.0921. The molecule has 1 atom stereocenters. The second-order valence-corrected chi connectivity index (χ2v) is 4.36. The molecule has 0 aromatic carbocycles. The van der Waals surface area contributed by atoms with Gasteiger partial charge in [0.05, 0.1) is 13.0 Å². The first-order valence-corrected chi connectivity index (χ1v) is 5.96. The van der Waals surface area contributed by atoms with E-state index in [4.69, 9.17) is 14.9 Å². The predicted octanol–water partition coefficient (Wildman–Crippen LogP) is -0.265. The average molecular weight is 274 g/mol. The van der Waals surface area contributed by atoms with Gasteiger partial charge in [0.25, 0.3) is 0 Å². The maximum atomic E-state index is 11.9. The highest BCUT2D eigenvalue weighted by Crippen LogP contribution is 2.26. The Bertz CT molecular complexity index is 355. The van der Waals surface area contributed by atoms with E-state index in [1.807, 2.05) is 0 Å². The number of hydrogen-bond acceptors (Lipinski definition) is 4. The summed E-state index contributed by atoms with van der Waals surface area (Å²) in [6.45, 7) is 0.701. The van der Waals surface area contributed by atoms with Crippen LogP contribution in [0.2, 0.25) is 0 Å². The third kappa shape index (κ3) is 5.12. The fourth-order valence-corrected chi connectivity index (χ4v) is 1.63. The molecule has 108 valence electrons. The number of nitrogens with zero attached hydrogens (tertiary/aromatic N) is 1. The summed E-state index contributed by atoms with van der Waals surface area (Å²) < 4.78 is 4.89. The number of amides is 2. The molecule has 1 fully saturated rings. The van der Waals surface area contributed by atoms with Gasteiger partial charge in [0.1, 0.15) is 6.04 Å². The number of urea groups is 1. The topological polar surface area (TPSA) is 116 Å². The van der Waals surface area contributed by atoms with Gasteiger partial charge in [-0.25, -0.2) is 9.59 Å². The number of nitrogens with one attached hydrogen (secondary N) is 1. The third-order valence-corrected chi connectivity index (χ3v) is 2.76. The number of rotatable bonds is 8. The molecule has 1 rings (SSSR count). The standard InChI is InChI=1S/C11H18N2O6/c1-19-5-4-13(7-2-3-7)11(18)12-8(10(16)17)6-9(14)15/h7-8H,2-6H2,1H3,(H,12,18)(H,14,15)(H,16,17)/t8-/m1/s1. The molecule has 0 spiro atoms. The molecule has 1 aliphatic carbocycles. The Hall–Kier alpha value is -1.83. The predicted molar refractivity (Wildman–Crippen MR) is 63.8 cm³/mol. The van der Waals surface area contributed by atoms with Crippen molar-refractivity contribution in [2.24, 2.45) is 0 Å². The van der Waals surface area contributed by atoms with Gasteiger partial charge in [-0.2, -0.15) is 0 Å². The summed E-state index contributed by atoms with van der Waals surface area (Å²) in [5.41, 5.74) is 0. The molecular formula is C11H18N2O6. The first-order chi connectivity index (χ1) is 8.95. The van der Waals surface area contributed by atoms with Crippen LogP contribution in [-0.4, -0.2) is 65.4 Å². The van der Waals surface area contributed by atoms with E-state index in [9.17, 15) is 14.4 Å². The van der Waals surface area contributed by atoms with E-state index in [0.29, 0.717) is 13.2 Å². The molecule has 19 heavy (non-hydrogen) atoms. The van der Waals surface area contributed by atoms with Crippen LogP contribution in [0.3, 0.4) is 0 Å². The molecule has 0 bridgehead atoms. The number of carbonyl (C=O) groups is 3. The number of methoxy groups -OCH3 is 1. The van der Waals surface area contributed by atoms with E-state index in [0.717, 1.165) is 12.8 Å². The summed E-state index contributed by atoms with van der Waals surface area (Å²) >= 11 is 0. The number of ether oxygens (including phenoxy) is 1. The van der Waals surface area contributed by atoms with Crippen molar-refractivity contribution in [2.75, 3.05) is 20.3 Å². The molecule has 2 amide bonds. The van der Waals surface area contributed by atoms with E-state index in [1.165, 1.54) is 12.0 Å². The van der Waals surface area contributed by atoms with Gasteiger partial charge in [-0.15, -0.1) is 0 Å². The van der Waals surface area contributed by atoms with Crippen molar-refractivity contribution in [1.29, 1.82) is 0 Å². The van der Waals surface area contributed by atoms with Crippen molar-refractivity contribution in [3.63, 3.8) is 0 Å². The second kappa shape index (κ2) is 6.93. The van der Waals surface area contributed by atoms with Gasteiger partial charge in [-0.3, -0.25) is 4.79 Å². The number of aliphatic carboxylic acids is 2. The fraction of sp³-hybridized carbons (Fsp3) is 0.727. The van der Waals surface area contributed by atoms with Crippen molar-refractivity contribution < 1.29 is 29.3 Å². The maximum Gasteiger partial charge on any atom is 0.326 e. The lowest BCUT2D eigenvalue weighted by Gasteiger charge is -2.24. The third-order valence-electron chi connectivity index (χ3n) is 2.76. The smallest absolute Gasteiger partial charge is 0.326 e. The summed E-state index contributed by atoms with van der Waals surface area (Å²) in [7, 11) is 1.51. The SMILES string of the molecule is COCCN(C(=O)N[C@H](CC(=O)O)C(=O)O)C1CC1. The Morgan fingerprint density at radius 1 is 1.37 bits per heavy atom. The molecule has 0 radical (unpaired) electrons. The van der Waals surface area contributed by atoms with Crippen molar-refractivity contribution in [2.45, 2.75) is 31.3 Å². The highest BCUT2D eigenvalue weighted by Gasteiger charge is 2.34. The molecule has 8 nitrogen and oxygen atoms in total. The molecule has 1 aliphatic rings. The summed E-state index contributed by atoms with van der Waals surface area (Å²) in [4.78, 5) is 34.8. The Labute approximate surface area is 110 Å². The minimum Gasteiger partial charge on any atom is -0.481 e. The quantitative estimate of drug-likeness (QED) is 0.561. The monoisotopic (exact) mass is 274 g/mol. The van der Waals surface area contributed by atoms with E-state index in [-0.39, 0.29) is 6.04 Å². The molecule has 0 aromatic heterocycles. The van der Waals surface area contributed by atoms with Gasteiger partial charge in [0, 0.05) is 19.7 Å². The van der Waals surface area contributed by atoms with Crippen molar-refractivity contribution in [3.05, 3.63) is 0 Å². The van der Waals surface area contributed by atoms with Crippen molar-refractivity contribution >= 4 is 18.0 Å². The number of carboxylic acids is 2. The largest absolute Gasteiger partial charge is 0.481 e. The maximum absolute atomic E-state index is 11.9. The molecule has 0 aromatic rings. The molecule has 0 unspecified atom stereocenters. The van der Waals surface area contributed by atoms with Crippen molar-refractivity contribution in [3.8, 4) is 0 Å². The van der Waals surface area contributed by atoms with E-state index < -0.39 is 30.4 Å². The number of carbonyl (C=O) groups excluding carboxylic acids is 1. The van der Waals surface area contributed by atoms with Crippen LogP contribution >= 0.6 is 0 Å². The summed E-state index contributed by atoms with van der Waals surface area (Å²) in [6.07, 6.45) is 1.09.